The van der Waals surface area contributed by atoms with Crippen molar-refractivity contribution in [3.8, 4) is 0 Å². The number of nitrogens with zero attached hydrogens (tertiary/aromatic N) is 1. The van der Waals surface area contributed by atoms with E-state index in [1.807, 2.05) is 52.0 Å². The van der Waals surface area contributed by atoms with Crippen molar-refractivity contribution < 1.29 is 33.3 Å². The standard InChI is InChI=1S/C30H45NO7/c1-9-35-28(34)25-23(29(3,4)5)26(37-18-22(32)38-30(6,7)8)24(20-15-11-10-14-19(20)2)31(25)27(33)21-16-12-13-17-36-21/h10-11,14-15,21,23-26H,9,12-13,16-18H2,1-8H3/t21-,23+,24-,25-,26-/m0/s1. The van der Waals surface area contributed by atoms with Crippen molar-refractivity contribution in [3.63, 3.8) is 0 Å². The number of carbonyl (C=O) groups excluding carboxylic acids is 3. The third kappa shape index (κ3) is 6.94. The molecule has 2 aliphatic heterocycles. The van der Waals surface area contributed by atoms with Crippen molar-refractivity contribution in [2.75, 3.05) is 19.8 Å². The van der Waals surface area contributed by atoms with Gasteiger partial charge in [-0.1, -0.05) is 45.0 Å². The number of benzene rings is 1. The second-order valence-electron chi connectivity index (χ2n) is 12.4. The summed E-state index contributed by atoms with van der Waals surface area (Å²) in [5, 5.41) is 0. The molecule has 1 aromatic rings. The minimum Gasteiger partial charge on any atom is -0.464 e. The van der Waals surface area contributed by atoms with Crippen LogP contribution in [0.3, 0.4) is 0 Å². The van der Waals surface area contributed by atoms with Crippen LogP contribution in [0.25, 0.3) is 0 Å². The highest BCUT2D eigenvalue weighted by Crippen LogP contribution is 2.50. The molecule has 1 aromatic carbocycles. The molecular formula is C30H45NO7. The highest BCUT2D eigenvalue weighted by atomic mass is 16.6. The lowest BCUT2D eigenvalue weighted by molar-refractivity contribution is -0.164. The monoisotopic (exact) mass is 531 g/mol. The molecule has 212 valence electrons. The highest BCUT2D eigenvalue weighted by Gasteiger charge is 2.60. The molecule has 38 heavy (non-hydrogen) atoms. The van der Waals surface area contributed by atoms with Gasteiger partial charge in [0.15, 0.2) is 0 Å². The summed E-state index contributed by atoms with van der Waals surface area (Å²) in [5.74, 6) is -1.67. The summed E-state index contributed by atoms with van der Waals surface area (Å²) >= 11 is 0. The number of esters is 2. The van der Waals surface area contributed by atoms with Crippen molar-refractivity contribution in [1.29, 1.82) is 0 Å². The van der Waals surface area contributed by atoms with E-state index >= 15 is 0 Å². The summed E-state index contributed by atoms with van der Waals surface area (Å²) in [6.45, 7) is 15.6. The van der Waals surface area contributed by atoms with E-state index in [0.717, 1.165) is 24.0 Å². The zero-order valence-electron chi connectivity index (χ0n) is 24.2. The van der Waals surface area contributed by atoms with Gasteiger partial charge in [0, 0.05) is 12.5 Å². The van der Waals surface area contributed by atoms with Crippen molar-refractivity contribution in [2.45, 2.75) is 105 Å². The van der Waals surface area contributed by atoms with E-state index in [9.17, 15) is 14.4 Å². The Labute approximate surface area is 227 Å². The van der Waals surface area contributed by atoms with Gasteiger partial charge in [0.2, 0.25) is 0 Å². The van der Waals surface area contributed by atoms with Crippen molar-refractivity contribution >= 4 is 17.8 Å². The fourth-order valence-corrected chi connectivity index (χ4v) is 5.69. The van der Waals surface area contributed by atoms with Crippen LogP contribution < -0.4 is 0 Å². The summed E-state index contributed by atoms with van der Waals surface area (Å²) in [4.78, 5) is 42.2. The maximum Gasteiger partial charge on any atom is 0.332 e. The summed E-state index contributed by atoms with van der Waals surface area (Å²) in [6, 6.07) is 6.27. The first-order valence-corrected chi connectivity index (χ1v) is 13.8. The van der Waals surface area contributed by atoms with Crippen LogP contribution in [-0.2, 0) is 33.3 Å². The number of amides is 1. The third-order valence-corrected chi connectivity index (χ3v) is 7.16. The maximum atomic E-state index is 14.2. The molecule has 0 saturated carbocycles. The number of rotatable bonds is 7. The van der Waals surface area contributed by atoms with E-state index < -0.39 is 53.2 Å². The minimum absolute atomic E-state index is 0.187. The average Bonchev–Trinajstić information content (AvgIpc) is 3.18. The van der Waals surface area contributed by atoms with Gasteiger partial charge < -0.3 is 23.8 Å². The van der Waals surface area contributed by atoms with Crippen molar-refractivity contribution in [2.24, 2.45) is 11.3 Å². The second kappa shape index (κ2) is 12.2. The molecular weight excluding hydrogens is 486 g/mol. The van der Waals surface area contributed by atoms with Gasteiger partial charge in [-0.3, -0.25) is 4.79 Å². The van der Waals surface area contributed by atoms with Crippen LogP contribution >= 0.6 is 0 Å². The molecule has 2 heterocycles. The molecule has 1 amide bonds. The summed E-state index contributed by atoms with van der Waals surface area (Å²) in [6.07, 6.45) is 1.07. The Kier molecular flexibility index (Phi) is 9.63. The minimum atomic E-state index is -0.902. The van der Waals surface area contributed by atoms with E-state index in [1.54, 1.807) is 32.6 Å². The Morgan fingerprint density at radius 1 is 1.05 bits per heavy atom. The molecule has 0 radical (unpaired) electrons. The predicted octanol–water partition coefficient (Wildman–Crippen LogP) is 4.77. The first-order chi connectivity index (χ1) is 17.8. The van der Waals surface area contributed by atoms with Gasteiger partial charge in [-0.15, -0.1) is 0 Å². The molecule has 2 fully saturated rings. The summed E-state index contributed by atoms with van der Waals surface area (Å²) in [7, 11) is 0. The SMILES string of the molecule is CCOC(=O)[C@@H]1[C@@H](C(C)(C)C)[C@H](OCC(=O)OC(C)(C)C)[C@H](c2ccccc2C)N1C(=O)[C@@H]1CCCCO1. The van der Waals surface area contributed by atoms with Gasteiger partial charge in [-0.2, -0.15) is 0 Å². The lowest BCUT2D eigenvalue weighted by atomic mass is 9.73. The number of carbonyl (C=O) groups is 3. The van der Waals surface area contributed by atoms with Crippen molar-refractivity contribution in [1.82, 2.24) is 4.90 Å². The fraction of sp³-hybridized carbons (Fsp3) is 0.700. The Balaban J connectivity index is 2.15. The lowest BCUT2D eigenvalue weighted by Crippen LogP contribution is -2.51. The lowest BCUT2D eigenvalue weighted by Gasteiger charge is -2.36. The van der Waals surface area contributed by atoms with Crippen LogP contribution in [0.2, 0.25) is 0 Å². The third-order valence-electron chi connectivity index (χ3n) is 7.16. The second-order valence-corrected chi connectivity index (χ2v) is 12.4. The van der Waals surface area contributed by atoms with Crippen LogP contribution in [0.1, 0.15) is 84.9 Å². The van der Waals surface area contributed by atoms with Crippen molar-refractivity contribution in [3.05, 3.63) is 35.4 Å². The zero-order chi connectivity index (χ0) is 28.3. The zero-order valence-corrected chi connectivity index (χ0v) is 24.2. The summed E-state index contributed by atoms with van der Waals surface area (Å²) < 4.78 is 23.3. The highest BCUT2D eigenvalue weighted by molar-refractivity contribution is 5.89. The first-order valence-electron chi connectivity index (χ1n) is 13.8. The molecule has 2 saturated heterocycles. The number of hydrogen-bond donors (Lipinski definition) is 0. The molecule has 0 unspecified atom stereocenters. The number of likely N-dealkylation sites (tertiary alicyclic amines) is 1. The molecule has 0 N–H and O–H groups in total. The molecule has 3 rings (SSSR count). The van der Waals surface area contributed by atoms with Crippen LogP contribution in [-0.4, -0.2) is 66.4 Å². The smallest absolute Gasteiger partial charge is 0.332 e. The van der Waals surface area contributed by atoms with E-state index in [4.69, 9.17) is 18.9 Å². The Hall–Kier alpha value is -2.45. The topological polar surface area (TPSA) is 91.4 Å². The molecule has 0 spiro atoms. The van der Waals surface area contributed by atoms with E-state index in [1.165, 1.54) is 0 Å². The molecule has 0 aromatic heterocycles. The van der Waals surface area contributed by atoms with E-state index in [2.05, 4.69) is 0 Å². The summed E-state index contributed by atoms with van der Waals surface area (Å²) in [5.41, 5.74) is 0.692. The van der Waals surface area contributed by atoms with Crippen LogP contribution in [0, 0.1) is 18.3 Å². The molecule has 0 aliphatic carbocycles. The van der Waals surface area contributed by atoms with Gasteiger partial charge in [-0.25, -0.2) is 9.59 Å². The number of ether oxygens (including phenoxy) is 4. The predicted molar refractivity (Wildman–Crippen MR) is 143 cm³/mol. The van der Waals surface area contributed by atoms with Gasteiger partial charge in [-0.05, 0) is 70.4 Å². The quantitative estimate of drug-likeness (QED) is 0.468. The van der Waals surface area contributed by atoms with E-state index in [-0.39, 0.29) is 19.1 Å². The molecule has 8 nitrogen and oxygen atoms in total. The maximum absolute atomic E-state index is 14.2. The molecule has 2 aliphatic rings. The van der Waals surface area contributed by atoms with Gasteiger partial charge >= 0.3 is 11.9 Å². The average molecular weight is 532 g/mol. The normalized spacial score (nSPS) is 26.2. The van der Waals surface area contributed by atoms with Crippen LogP contribution in [0.5, 0.6) is 0 Å². The fourth-order valence-electron chi connectivity index (χ4n) is 5.69. The van der Waals surface area contributed by atoms with Crippen LogP contribution in [0.15, 0.2) is 24.3 Å². The van der Waals surface area contributed by atoms with Gasteiger partial charge in [0.1, 0.15) is 24.4 Å². The van der Waals surface area contributed by atoms with Crippen LogP contribution in [0.4, 0.5) is 0 Å². The van der Waals surface area contributed by atoms with E-state index in [0.29, 0.717) is 13.0 Å². The first kappa shape index (κ1) is 30.1. The van der Waals surface area contributed by atoms with Gasteiger partial charge in [0.05, 0.1) is 18.8 Å². The number of hydrogen-bond acceptors (Lipinski definition) is 7. The Morgan fingerprint density at radius 3 is 2.29 bits per heavy atom. The largest absolute Gasteiger partial charge is 0.464 e. The number of aryl methyl sites for hydroxylation is 1. The Bertz CT molecular complexity index is 987. The Morgan fingerprint density at radius 2 is 1.74 bits per heavy atom. The van der Waals surface area contributed by atoms with Gasteiger partial charge in [0.25, 0.3) is 5.91 Å². The molecule has 5 atom stereocenters. The molecule has 0 bridgehead atoms. The molecule has 8 heteroatoms.